The van der Waals surface area contributed by atoms with Crippen molar-refractivity contribution in [3.05, 3.63) is 50.9 Å². The molecular weight excluding hydrogens is 354 g/mol. The highest BCUT2D eigenvalue weighted by atomic mass is 32.1. The number of hydrogen-bond donors (Lipinski definition) is 0. The summed E-state index contributed by atoms with van der Waals surface area (Å²) in [6.07, 6.45) is 1.08. The molecule has 0 aliphatic carbocycles. The van der Waals surface area contributed by atoms with E-state index in [0.717, 1.165) is 24.4 Å². The monoisotopic (exact) mass is 373 g/mol. The van der Waals surface area contributed by atoms with Crippen molar-refractivity contribution in [2.45, 2.75) is 26.1 Å². The van der Waals surface area contributed by atoms with Crippen molar-refractivity contribution in [2.75, 3.05) is 13.7 Å². The van der Waals surface area contributed by atoms with Crippen molar-refractivity contribution in [3.63, 3.8) is 0 Å². The van der Waals surface area contributed by atoms with Gasteiger partial charge in [0.25, 0.3) is 0 Å². The number of ether oxygens (including phenoxy) is 1. The molecule has 3 heterocycles. The third kappa shape index (κ3) is 3.01. The van der Waals surface area contributed by atoms with Crippen molar-refractivity contribution in [1.29, 1.82) is 0 Å². The van der Waals surface area contributed by atoms with E-state index in [2.05, 4.69) is 33.7 Å². The fourth-order valence-electron chi connectivity index (χ4n) is 3.18. The Morgan fingerprint density at radius 3 is 2.80 bits per heavy atom. The molecule has 130 valence electrons. The Bertz CT molecular complexity index is 927. The number of hydrogen-bond acceptors (Lipinski definition) is 6. The second kappa shape index (κ2) is 6.70. The van der Waals surface area contributed by atoms with Crippen molar-refractivity contribution in [1.82, 2.24) is 24.7 Å². The summed E-state index contributed by atoms with van der Waals surface area (Å²) in [5.41, 5.74) is 2.30. The van der Waals surface area contributed by atoms with Crippen LogP contribution in [0.2, 0.25) is 0 Å². The van der Waals surface area contributed by atoms with Gasteiger partial charge in [0, 0.05) is 17.5 Å². The quantitative estimate of drug-likeness (QED) is 0.656. The molecule has 0 fully saturated rings. The zero-order valence-electron chi connectivity index (χ0n) is 14.1. The van der Waals surface area contributed by atoms with Crippen LogP contribution < -0.4 is 4.74 Å². The average molecular weight is 374 g/mol. The van der Waals surface area contributed by atoms with Gasteiger partial charge in [-0.3, -0.25) is 4.90 Å². The SMILES string of the molecule is COc1ccc(-n2nnn(CN3CCc4sccc4[C@@H]3C)c2=S)cc1. The van der Waals surface area contributed by atoms with Crippen LogP contribution in [0.5, 0.6) is 5.75 Å². The number of thiophene rings is 1. The molecule has 0 N–H and O–H groups in total. The molecular formula is C17H19N5OS2. The van der Waals surface area contributed by atoms with Crippen molar-refractivity contribution in [3.8, 4) is 11.4 Å². The molecule has 2 aromatic heterocycles. The first kappa shape index (κ1) is 16.4. The van der Waals surface area contributed by atoms with E-state index in [1.54, 1.807) is 16.5 Å². The predicted molar refractivity (Wildman–Crippen MR) is 99.9 cm³/mol. The normalized spacial score (nSPS) is 17.4. The third-order valence-electron chi connectivity index (χ3n) is 4.68. The molecule has 25 heavy (non-hydrogen) atoms. The van der Waals surface area contributed by atoms with Gasteiger partial charge < -0.3 is 4.74 Å². The topological polar surface area (TPSA) is 48.1 Å². The minimum Gasteiger partial charge on any atom is -0.497 e. The van der Waals surface area contributed by atoms with Gasteiger partial charge >= 0.3 is 0 Å². The summed E-state index contributed by atoms with van der Waals surface area (Å²) in [4.78, 5) is 3.88. The molecule has 3 aromatic rings. The lowest BCUT2D eigenvalue weighted by molar-refractivity contribution is 0.143. The molecule has 1 atom stereocenters. The zero-order chi connectivity index (χ0) is 17.4. The number of fused-ring (bicyclic) bond motifs is 1. The van der Waals surface area contributed by atoms with Gasteiger partial charge in [0.05, 0.1) is 19.5 Å². The fourth-order valence-corrected chi connectivity index (χ4v) is 4.37. The van der Waals surface area contributed by atoms with E-state index in [1.807, 2.05) is 35.6 Å². The van der Waals surface area contributed by atoms with Crippen LogP contribution in [0.15, 0.2) is 35.7 Å². The van der Waals surface area contributed by atoms with Crippen LogP contribution in [-0.4, -0.2) is 38.3 Å². The van der Waals surface area contributed by atoms with E-state index in [1.165, 1.54) is 10.4 Å². The molecule has 0 saturated heterocycles. The second-order valence-electron chi connectivity index (χ2n) is 6.05. The summed E-state index contributed by atoms with van der Waals surface area (Å²) in [5.74, 6) is 0.802. The van der Waals surface area contributed by atoms with E-state index in [-0.39, 0.29) is 0 Å². The summed E-state index contributed by atoms with van der Waals surface area (Å²) in [5, 5.41) is 10.7. The Hall–Kier alpha value is -2.03. The standard InChI is InChI=1S/C17H19N5OS2/c1-12-15-8-10-25-16(15)7-9-20(12)11-21-17(24)22(19-18-21)13-3-5-14(23-2)6-4-13/h3-6,8,10,12H,7,9,11H2,1-2H3/t12-/m0/s1. The molecule has 4 rings (SSSR count). The zero-order valence-corrected chi connectivity index (χ0v) is 15.8. The molecule has 1 aliphatic heterocycles. The Balaban J connectivity index is 1.56. The van der Waals surface area contributed by atoms with E-state index < -0.39 is 0 Å². The lowest BCUT2D eigenvalue weighted by Gasteiger charge is -2.32. The van der Waals surface area contributed by atoms with Gasteiger partial charge in [-0.2, -0.15) is 4.68 Å². The van der Waals surface area contributed by atoms with E-state index in [9.17, 15) is 0 Å². The summed E-state index contributed by atoms with van der Waals surface area (Å²) < 4.78 is 9.25. The highest BCUT2D eigenvalue weighted by Gasteiger charge is 2.25. The van der Waals surface area contributed by atoms with Gasteiger partial charge in [0.2, 0.25) is 4.77 Å². The number of aromatic nitrogens is 4. The Labute approximate surface area is 155 Å². The smallest absolute Gasteiger partial charge is 0.221 e. The molecule has 0 radical (unpaired) electrons. The second-order valence-corrected chi connectivity index (χ2v) is 7.42. The highest BCUT2D eigenvalue weighted by molar-refractivity contribution is 7.71. The Morgan fingerprint density at radius 2 is 2.04 bits per heavy atom. The van der Waals surface area contributed by atoms with Crippen molar-refractivity contribution in [2.24, 2.45) is 0 Å². The van der Waals surface area contributed by atoms with Crippen LogP contribution in [0.3, 0.4) is 0 Å². The van der Waals surface area contributed by atoms with E-state index in [0.29, 0.717) is 17.5 Å². The Morgan fingerprint density at radius 1 is 1.24 bits per heavy atom. The first-order valence-electron chi connectivity index (χ1n) is 8.15. The minimum absolute atomic E-state index is 0.364. The molecule has 0 saturated carbocycles. The van der Waals surface area contributed by atoms with Crippen LogP contribution in [-0.2, 0) is 13.1 Å². The predicted octanol–water partition coefficient (Wildman–Crippen LogP) is 3.45. The molecule has 0 spiro atoms. The minimum atomic E-state index is 0.364. The number of rotatable bonds is 4. The number of methoxy groups -OCH3 is 1. The molecule has 8 heteroatoms. The van der Waals surface area contributed by atoms with Crippen molar-refractivity contribution >= 4 is 23.6 Å². The summed E-state index contributed by atoms with van der Waals surface area (Å²) in [7, 11) is 1.65. The Kier molecular flexibility index (Phi) is 4.41. The fraction of sp³-hybridized carbons (Fsp3) is 0.353. The third-order valence-corrected chi connectivity index (χ3v) is 6.06. The average Bonchev–Trinajstić information content (AvgIpc) is 3.25. The molecule has 6 nitrogen and oxygen atoms in total. The maximum atomic E-state index is 5.58. The molecule has 0 unspecified atom stereocenters. The first-order valence-corrected chi connectivity index (χ1v) is 9.43. The molecule has 1 aromatic carbocycles. The van der Waals surface area contributed by atoms with Crippen molar-refractivity contribution < 1.29 is 4.74 Å². The summed E-state index contributed by atoms with van der Waals surface area (Å²) in [6, 6.07) is 10.2. The van der Waals surface area contributed by atoms with Crippen LogP contribution in [0.1, 0.15) is 23.4 Å². The van der Waals surface area contributed by atoms with Gasteiger partial charge in [-0.1, -0.05) is 0 Å². The lowest BCUT2D eigenvalue weighted by Crippen LogP contribution is -2.35. The van der Waals surface area contributed by atoms with Gasteiger partial charge in [0.1, 0.15) is 5.75 Å². The maximum Gasteiger partial charge on any atom is 0.221 e. The van der Waals surface area contributed by atoms with Gasteiger partial charge in [0.15, 0.2) is 0 Å². The maximum absolute atomic E-state index is 5.58. The van der Waals surface area contributed by atoms with Gasteiger partial charge in [-0.25, -0.2) is 4.68 Å². The first-order chi connectivity index (χ1) is 12.2. The largest absolute Gasteiger partial charge is 0.497 e. The number of benzene rings is 1. The molecule has 0 bridgehead atoms. The van der Waals surface area contributed by atoms with E-state index in [4.69, 9.17) is 17.0 Å². The van der Waals surface area contributed by atoms with E-state index >= 15 is 0 Å². The highest BCUT2D eigenvalue weighted by Crippen LogP contribution is 2.32. The number of nitrogens with zero attached hydrogens (tertiary/aromatic N) is 5. The van der Waals surface area contributed by atoms with Crippen LogP contribution in [0.4, 0.5) is 0 Å². The molecule has 1 aliphatic rings. The van der Waals surface area contributed by atoms with Crippen LogP contribution in [0.25, 0.3) is 5.69 Å². The van der Waals surface area contributed by atoms with Gasteiger partial charge in [-0.05, 0) is 77.3 Å². The summed E-state index contributed by atoms with van der Waals surface area (Å²) in [6.45, 7) is 3.89. The van der Waals surface area contributed by atoms with Crippen LogP contribution >= 0.6 is 23.6 Å². The van der Waals surface area contributed by atoms with Gasteiger partial charge in [-0.15, -0.1) is 11.3 Å². The summed E-state index contributed by atoms with van der Waals surface area (Å²) >= 11 is 7.43. The number of tetrazole rings is 1. The lowest BCUT2D eigenvalue weighted by atomic mass is 10.0. The molecule has 0 amide bonds. The van der Waals surface area contributed by atoms with Crippen LogP contribution in [0, 0.1) is 4.77 Å².